The number of thioether (sulfide) groups is 1. The summed E-state index contributed by atoms with van der Waals surface area (Å²) in [7, 11) is 0. The highest BCUT2D eigenvalue weighted by atomic mass is 35.5. The van der Waals surface area contributed by atoms with Crippen molar-refractivity contribution in [1.82, 2.24) is 0 Å². The fourth-order valence-corrected chi connectivity index (χ4v) is 2.91. The quantitative estimate of drug-likeness (QED) is 0.662. The lowest BCUT2D eigenvalue weighted by atomic mass is 10.1. The van der Waals surface area contributed by atoms with Crippen LogP contribution in [0.2, 0.25) is 5.02 Å². The smallest absolute Gasteiger partial charge is 0.335 e. The highest BCUT2D eigenvalue weighted by Gasteiger charge is 2.10. The number of halogens is 1. The molecule has 2 aromatic carbocycles. The van der Waals surface area contributed by atoms with Crippen molar-refractivity contribution in [3.05, 3.63) is 58.6 Å². The first-order valence-electron chi connectivity index (χ1n) is 5.57. The number of rotatable bonds is 4. The summed E-state index contributed by atoms with van der Waals surface area (Å²) in [5.41, 5.74) is 7.42. The summed E-state index contributed by atoms with van der Waals surface area (Å²) >= 11 is 7.54. The van der Waals surface area contributed by atoms with Crippen molar-refractivity contribution < 1.29 is 9.90 Å². The second-order valence-corrected chi connectivity index (χ2v) is 5.37. The van der Waals surface area contributed by atoms with Crippen LogP contribution in [0.1, 0.15) is 15.9 Å². The number of nitrogens with two attached hydrogens (primary N) is 1. The molecular weight excluding hydrogens is 282 g/mol. The molecule has 0 amide bonds. The standard InChI is InChI=1S/C14H12ClNO2S/c15-12-6-5-10(16)7-13(12)19-8-9-3-1-2-4-11(9)14(17)18/h1-7H,8,16H2,(H,17,18). The molecule has 0 aliphatic rings. The van der Waals surface area contributed by atoms with Crippen LogP contribution < -0.4 is 5.73 Å². The molecule has 19 heavy (non-hydrogen) atoms. The minimum Gasteiger partial charge on any atom is -0.478 e. The van der Waals surface area contributed by atoms with Gasteiger partial charge in [-0.15, -0.1) is 11.8 Å². The maximum atomic E-state index is 11.1. The first-order valence-corrected chi connectivity index (χ1v) is 6.93. The molecule has 0 heterocycles. The summed E-state index contributed by atoms with van der Waals surface area (Å²) in [5, 5.41) is 9.72. The van der Waals surface area contributed by atoms with Crippen LogP contribution in [0.25, 0.3) is 0 Å². The van der Waals surface area contributed by atoms with Gasteiger partial charge in [0.15, 0.2) is 0 Å². The fraction of sp³-hybridized carbons (Fsp3) is 0.0714. The molecule has 0 unspecified atom stereocenters. The Labute approximate surface area is 120 Å². The molecule has 0 atom stereocenters. The van der Waals surface area contributed by atoms with E-state index in [1.54, 1.807) is 36.4 Å². The number of aromatic carboxylic acids is 1. The van der Waals surface area contributed by atoms with Crippen molar-refractivity contribution in [1.29, 1.82) is 0 Å². The largest absolute Gasteiger partial charge is 0.478 e. The summed E-state index contributed by atoms with van der Waals surface area (Å²) in [6, 6.07) is 12.2. The zero-order valence-corrected chi connectivity index (χ0v) is 11.5. The third kappa shape index (κ3) is 3.43. The molecule has 0 aromatic heterocycles. The molecule has 5 heteroatoms. The van der Waals surface area contributed by atoms with Gasteiger partial charge in [-0.2, -0.15) is 0 Å². The Morgan fingerprint density at radius 2 is 2.00 bits per heavy atom. The predicted octanol–water partition coefficient (Wildman–Crippen LogP) is 3.91. The first kappa shape index (κ1) is 13.8. The Morgan fingerprint density at radius 3 is 2.74 bits per heavy atom. The van der Waals surface area contributed by atoms with Crippen LogP contribution in [-0.2, 0) is 5.75 Å². The van der Waals surface area contributed by atoms with E-state index < -0.39 is 5.97 Å². The molecule has 0 radical (unpaired) electrons. The second kappa shape index (κ2) is 5.99. The Morgan fingerprint density at radius 1 is 1.26 bits per heavy atom. The monoisotopic (exact) mass is 293 g/mol. The number of nitrogen functional groups attached to an aromatic ring is 1. The summed E-state index contributed by atoms with van der Waals surface area (Å²) in [4.78, 5) is 11.9. The van der Waals surface area contributed by atoms with Gasteiger partial charge in [-0.3, -0.25) is 0 Å². The van der Waals surface area contributed by atoms with Gasteiger partial charge in [0.1, 0.15) is 0 Å². The average Bonchev–Trinajstić information content (AvgIpc) is 2.40. The Bertz CT molecular complexity index is 616. The minimum atomic E-state index is -0.921. The normalized spacial score (nSPS) is 10.4. The van der Waals surface area contributed by atoms with Crippen LogP contribution in [0.3, 0.4) is 0 Å². The van der Waals surface area contributed by atoms with Crippen LogP contribution in [-0.4, -0.2) is 11.1 Å². The number of carboxylic acids is 1. The zero-order valence-electron chi connectivity index (χ0n) is 9.97. The van der Waals surface area contributed by atoms with E-state index in [0.717, 1.165) is 10.5 Å². The molecule has 0 fully saturated rings. The van der Waals surface area contributed by atoms with Crippen LogP contribution in [0.5, 0.6) is 0 Å². The lowest BCUT2D eigenvalue weighted by molar-refractivity contribution is 0.0696. The van der Waals surface area contributed by atoms with Gasteiger partial charge >= 0.3 is 5.97 Å². The number of hydrogen-bond acceptors (Lipinski definition) is 3. The molecule has 3 N–H and O–H groups in total. The molecule has 0 aliphatic carbocycles. The second-order valence-electron chi connectivity index (χ2n) is 3.94. The first-order chi connectivity index (χ1) is 9.08. The number of carbonyl (C=O) groups is 1. The Kier molecular flexibility index (Phi) is 4.35. The summed E-state index contributed by atoms with van der Waals surface area (Å²) in [6.07, 6.45) is 0. The van der Waals surface area contributed by atoms with Gasteiger partial charge in [0.05, 0.1) is 10.6 Å². The van der Waals surface area contributed by atoms with E-state index in [2.05, 4.69) is 0 Å². The predicted molar refractivity (Wildman–Crippen MR) is 78.8 cm³/mol. The van der Waals surface area contributed by atoms with Gasteiger partial charge in [-0.1, -0.05) is 29.8 Å². The molecule has 98 valence electrons. The number of anilines is 1. The third-order valence-corrected chi connectivity index (χ3v) is 4.13. The zero-order chi connectivity index (χ0) is 13.8. The average molecular weight is 294 g/mol. The third-order valence-electron chi connectivity index (χ3n) is 2.59. The van der Waals surface area contributed by atoms with Crippen molar-refractivity contribution >= 4 is 35.0 Å². The molecule has 2 aromatic rings. The van der Waals surface area contributed by atoms with Gasteiger partial charge in [0.25, 0.3) is 0 Å². The minimum absolute atomic E-state index is 0.315. The molecule has 0 saturated heterocycles. The molecular formula is C14H12ClNO2S. The number of carboxylic acid groups (broad SMARTS) is 1. The summed E-state index contributed by atoms with van der Waals surface area (Å²) < 4.78 is 0. The van der Waals surface area contributed by atoms with Crippen molar-refractivity contribution in [2.75, 3.05) is 5.73 Å². The number of benzene rings is 2. The van der Waals surface area contributed by atoms with Gasteiger partial charge in [-0.25, -0.2) is 4.79 Å². The molecule has 0 spiro atoms. The van der Waals surface area contributed by atoms with Gasteiger partial charge in [-0.05, 0) is 29.8 Å². The number of hydrogen-bond donors (Lipinski definition) is 2. The highest BCUT2D eigenvalue weighted by Crippen LogP contribution is 2.32. The molecule has 0 bridgehead atoms. The van der Waals surface area contributed by atoms with Gasteiger partial charge in [0.2, 0.25) is 0 Å². The van der Waals surface area contributed by atoms with E-state index in [0.29, 0.717) is 22.0 Å². The van der Waals surface area contributed by atoms with Crippen LogP contribution in [0.15, 0.2) is 47.4 Å². The van der Waals surface area contributed by atoms with Crippen molar-refractivity contribution in [3.8, 4) is 0 Å². The van der Waals surface area contributed by atoms with Crippen molar-refractivity contribution in [2.45, 2.75) is 10.6 Å². The Hall–Kier alpha value is -1.65. The lowest BCUT2D eigenvalue weighted by Gasteiger charge is -2.07. The van der Waals surface area contributed by atoms with Crippen LogP contribution in [0, 0.1) is 0 Å². The lowest BCUT2D eigenvalue weighted by Crippen LogP contribution is -2.00. The van der Waals surface area contributed by atoms with E-state index in [-0.39, 0.29) is 0 Å². The molecule has 3 nitrogen and oxygen atoms in total. The van der Waals surface area contributed by atoms with Crippen molar-refractivity contribution in [2.24, 2.45) is 0 Å². The summed E-state index contributed by atoms with van der Waals surface area (Å²) in [5.74, 6) is -0.388. The Balaban J connectivity index is 2.19. The van der Waals surface area contributed by atoms with Crippen LogP contribution >= 0.6 is 23.4 Å². The van der Waals surface area contributed by atoms with Gasteiger partial charge < -0.3 is 10.8 Å². The van der Waals surface area contributed by atoms with E-state index in [1.807, 2.05) is 6.07 Å². The summed E-state index contributed by atoms with van der Waals surface area (Å²) in [6.45, 7) is 0. The van der Waals surface area contributed by atoms with E-state index >= 15 is 0 Å². The fourth-order valence-electron chi connectivity index (χ4n) is 1.64. The van der Waals surface area contributed by atoms with Crippen molar-refractivity contribution in [3.63, 3.8) is 0 Å². The highest BCUT2D eigenvalue weighted by molar-refractivity contribution is 7.98. The molecule has 0 saturated carbocycles. The molecule has 2 rings (SSSR count). The van der Waals surface area contributed by atoms with E-state index in [9.17, 15) is 4.79 Å². The maximum Gasteiger partial charge on any atom is 0.335 e. The topological polar surface area (TPSA) is 63.3 Å². The van der Waals surface area contributed by atoms with Crippen LogP contribution in [0.4, 0.5) is 5.69 Å². The molecule has 0 aliphatic heterocycles. The SMILES string of the molecule is Nc1ccc(Cl)c(SCc2ccccc2C(=O)O)c1. The van der Waals surface area contributed by atoms with Gasteiger partial charge in [0, 0.05) is 16.3 Å². The van der Waals surface area contributed by atoms with E-state index in [1.165, 1.54) is 11.8 Å². The van der Waals surface area contributed by atoms with E-state index in [4.69, 9.17) is 22.4 Å². The maximum absolute atomic E-state index is 11.1.